The first-order chi connectivity index (χ1) is 16.0. The fourth-order valence-electron chi connectivity index (χ4n) is 4.23. The molecule has 1 saturated heterocycles. The Morgan fingerprint density at radius 3 is 2.74 bits per heavy atom. The van der Waals surface area contributed by atoms with Gasteiger partial charge in [0.05, 0.1) is 19.2 Å². The van der Waals surface area contributed by atoms with Crippen LogP contribution in [0.15, 0.2) is 30.5 Å². The number of hydrogen-bond donors (Lipinski definition) is 1. The van der Waals surface area contributed by atoms with Gasteiger partial charge >= 0.3 is 0 Å². The van der Waals surface area contributed by atoms with E-state index in [1.807, 2.05) is 0 Å². The van der Waals surface area contributed by atoms with Crippen LogP contribution in [0.25, 0.3) is 27.7 Å². The fourth-order valence-corrected chi connectivity index (χ4v) is 4.23. The number of benzene rings is 1. The molecule has 0 radical (unpaired) electrons. The Bertz CT molecular complexity index is 1360. The van der Waals surface area contributed by atoms with Crippen molar-refractivity contribution in [3.8, 4) is 17.0 Å². The van der Waals surface area contributed by atoms with E-state index >= 15 is 0 Å². The molecule has 0 amide bonds. The van der Waals surface area contributed by atoms with Crippen molar-refractivity contribution in [2.75, 3.05) is 32.6 Å². The average molecular weight is 478 g/mol. The summed E-state index contributed by atoms with van der Waals surface area (Å²) in [4.78, 5) is 5.84. The first-order valence-corrected chi connectivity index (χ1v) is 10.5. The molecule has 1 aliphatic heterocycles. The smallest absolute Gasteiger partial charge is 0.281 e. The maximum absolute atomic E-state index is 14.2. The van der Waals surface area contributed by atoms with E-state index in [9.17, 15) is 17.6 Å². The third kappa shape index (κ3) is 4.00. The van der Waals surface area contributed by atoms with E-state index in [1.54, 1.807) is 37.5 Å². The van der Waals surface area contributed by atoms with E-state index in [0.29, 0.717) is 27.7 Å². The number of anilines is 1. The summed E-state index contributed by atoms with van der Waals surface area (Å²) in [5.74, 6) is -5.69. The molecular formula is C21H22F4N8O. The molecule has 3 aromatic heterocycles. The Hall–Kier alpha value is -3.48. The van der Waals surface area contributed by atoms with Crippen LogP contribution < -0.4 is 10.1 Å². The number of nitrogens with zero attached hydrogens (tertiary/aromatic N) is 7. The van der Waals surface area contributed by atoms with Gasteiger partial charge in [0, 0.05) is 25.2 Å². The second-order valence-corrected chi connectivity index (χ2v) is 8.64. The number of aromatic nitrogens is 6. The lowest BCUT2D eigenvalue weighted by Gasteiger charge is -2.19. The number of rotatable bonds is 6. The Labute approximate surface area is 191 Å². The van der Waals surface area contributed by atoms with E-state index < -0.39 is 24.4 Å². The molecule has 5 rings (SSSR count). The first-order valence-electron chi connectivity index (χ1n) is 10.5. The molecule has 34 heavy (non-hydrogen) atoms. The molecule has 1 fully saturated rings. The Balaban J connectivity index is 1.54. The predicted molar refractivity (Wildman–Crippen MR) is 117 cm³/mol. The number of hydrogen-bond acceptors (Lipinski definition) is 7. The summed E-state index contributed by atoms with van der Waals surface area (Å²) in [5, 5.41) is 14.8. The SMILES string of the molecule is COc1nc(N[C@@H]2CN(C)CC2(F)F)nn2ccc(-c3ccc4nnn(CC(C)(F)F)c4c3)c12. The summed E-state index contributed by atoms with van der Waals surface area (Å²) in [6, 6.07) is 5.80. The van der Waals surface area contributed by atoms with Gasteiger partial charge in [-0.15, -0.1) is 10.2 Å². The van der Waals surface area contributed by atoms with E-state index in [1.165, 1.54) is 16.5 Å². The van der Waals surface area contributed by atoms with Gasteiger partial charge in [0.1, 0.15) is 23.6 Å². The van der Waals surface area contributed by atoms with Gasteiger partial charge in [0.25, 0.3) is 11.8 Å². The highest BCUT2D eigenvalue weighted by molar-refractivity contribution is 5.89. The monoisotopic (exact) mass is 478 g/mol. The van der Waals surface area contributed by atoms with E-state index in [2.05, 4.69) is 25.7 Å². The summed E-state index contributed by atoms with van der Waals surface area (Å²) in [7, 11) is 3.05. The third-order valence-corrected chi connectivity index (χ3v) is 5.71. The number of halogens is 4. The second-order valence-electron chi connectivity index (χ2n) is 8.64. The minimum atomic E-state index is -2.95. The zero-order valence-electron chi connectivity index (χ0n) is 18.6. The van der Waals surface area contributed by atoms with Crippen LogP contribution in [0.2, 0.25) is 0 Å². The van der Waals surface area contributed by atoms with Crippen molar-refractivity contribution in [1.82, 2.24) is 34.5 Å². The van der Waals surface area contributed by atoms with Crippen molar-refractivity contribution in [1.29, 1.82) is 0 Å². The van der Waals surface area contributed by atoms with Gasteiger partial charge in [-0.25, -0.2) is 26.8 Å². The van der Waals surface area contributed by atoms with Crippen LogP contribution in [0.1, 0.15) is 6.92 Å². The number of likely N-dealkylation sites (N-methyl/N-ethyl adjacent to an activating group) is 1. The molecule has 13 heteroatoms. The van der Waals surface area contributed by atoms with Crippen LogP contribution in [0.5, 0.6) is 5.88 Å². The fraction of sp³-hybridized carbons (Fsp3) is 0.429. The highest BCUT2D eigenvalue weighted by atomic mass is 19.3. The molecule has 9 nitrogen and oxygen atoms in total. The third-order valence-electron chi connectivity index (χ3n) is 5.71. The van der Waals surface area contributed by atoms with Crippen LogP contribution in [-0.4, -0.2) is 79.6 Å². The summed E-state index contributed by atoms with van der Waals surface area (Å²) >= 11 is 0. The van der Waals surface area contributed by atoms with E-state index in [-0.39, 0.29) is 24.9 Å². The van der Waals surface area contributed by atoms with E-state index in [4.69, 9.17) is 4.74 Å². The van der Waals surface area contributed by atoms with Gasteiger partial charge in [-0.05, 0) is 30.8 Å². The highest BCUT2D eigenvalue weighted by Gasteiger charge is 2.47. The summed E-state index contributed by atoms with van der Waals surface area (Å²) in [6.45, 7) is 0.00665. The molecule has 1 aliphatic rings. The van der Waals surface area contributed by atoms with E-state index in [0.717, 1.165) is 11.6 Å². The number of likely N-dealkylation sites (tertiary alicyclic amines) is 1. The van der Waals surface area contributed by atoms with Crippen molar-refractivity contribution in [3.63, 3.8) is 0 Å². The van der Waals surface area contributed by atoms with Crippen molar-refractivity contribution in [2.45, 2.75) is 31.4 Å². The Morgan fingerprint density at radius 1 is 1.26 bits per heavy atom. The number of ether oxygens (including phenoxy) is 1. The molecule has 1 atom stereocenters. The molecule has 0 spiro atoms. The largest absolute Gasteiger partial charge is 0.479 e. The molecule has 4 heterocycles. The summed E-state index contributed by atoms with van der Waals surface area (Å²) in [5.41, 5.74) is 2.79. The predicted octanol–water partition coefficient (Wildman–Crippen LogP) is 3.17. The van der Waals surface area contributed by atoms with Crippen LogP contribution >= 0.6 is 0 Å². The maximum Gasteiger partial charge on any atom is 0.281 e. The molecule has 0 saturated carbocycles. The molecule has 1 aromatic carbocycles. The molecule has 0 aliphatic carbocycles. The average Bonchev–Trinajstić information content (AvgIpc) is 3.41. The minimum absolute atomic E-state index is 0.00869. The number of fused-ring (bicyclic) bond motifs is 2. The van der Waals surface area contributed by atoms with Crippen molar-refractivity contribution < 1.29 is 22.3 Å². The first kappa shape index (κ1) is 22.3. The van der Waals surface area contributed by atoms with Crippen LogP contribution in [0.3, 0.4) is 0 Å². The van der Waals surface area contributed by atoms with Crippen molar-refractivity contribution in [3.05, 3.63) is 30.5 Å². The lowest BCUT2D eigenvalue weighted by atomic mass is 10.1. The summed E-state index contributed by atoms with van der Waals surface area (Å²) < 4.78 is 63.7. The zero-order chi connectivity index (χ0) is 24.3. The molecule has 0 bridgehead atoms. The van der Waals surface area contributed by atoms with Crippen molar-refractivity contribution in [2.24, 2.45) is 0 Å². The standard InChI is InChI=1S/C21H22F4N8O/c1-20(22,23)10-33-15-8-12(4-5-14(15)28-30-33)13-6-7-32-17(13)18(34-3)27-19(29-32)26-16-9-31(2)11-21(16,24)25/h4-8,16H,9-11H2,1-3H3,(H,26,29)/t16-/m1/s1. The minimum Gasteiger partial charge on any atom is -0.479 e. The van der Waals surface area contributed by atoms with Gasteiger partial charge in [0.15, 0.2) is 0 Å². The zero-order valence-corrected chi connectivity index (χ0v) is 18.6. The van der Waals surface area contributed by atoms with Crippen LogP contribution in [-0.2, 0) is 6.54 Å². The number of methoxy groups -OCH3 is 1. The normalized spacial score (nSPS) is 18.7. The van der Waals surface area contributed by atoms with Gasteiger partial charge < -0.3 is 10.1 Å². The van der Waals surface area contributed by atoms with Gasteiger partial charge in [-0.1, -0.05) is 11.3 Å². The maximum atomic E-state index is 14.2. The second kappa shape index (κ2) is 7.79. The Morgan fingerprint density at radius 2 is 2.06 bits per heavy atom. The molecule has 1 N–H and O–H groups in total. The topological polar surface area (TPSA) is 85.4 Å². The van der Waals surface area contributed by atoms with Gasteiger partial charge in [0.2, 0.25) is 11.8 Å². The summed E-state index contributed by atoms with van der Waals surface area (Å²) in [6.07, 6.45) is 1.65. The van der Waals surface area contributed by atoms with Crippen LogP contribution in [0, 0.1) is 0 Å². The number of alkyl halides is 4. The lowest BCUT2D eigenvalue weighted by Crippen LogP contribution is -2.38. The molecule has 4 aromatic rings. The molecule has 180 valence electrons. The highest BCUT2D eigenvalue weighted by Crippen LogP contribution is 2.34. The number of nitrogens with one attached hydrogen (secondary N) is 1. The Kier molecular flexibility index (Phi) is 5.11. The molecular weight excluding hydrogens is 456 g/mol. The molecule has 0 unspecified atom stereocenters. The lowest BCUT2D eigenvalue weighted by molar-refractivity contribution is 0.00121. The van der Waals surface area contributed by atoms with Gasteiger partial charge in [-0.2, -0.15) is 4.98 Å². The van der Waals surface area contributed by atoms with Crippen molar-refractivity contribution >= 4 is 22.5 Å². The quantitative estimate of drug-likeness (QED) is 0.426. The van der Waals surface area contributed by atoms with Gasteiger partial charge in [-0.3, -0.25) is 4.90 Å². The van der Waals surface area contributed by atoms with Crippen LogP contribution in [0.4, 0.5) is 23.5 Å².